The van der Waals surface area contributed by atoms with E-state index in [-0.39, 0.29) is 6.42 Å². The predicted octanol–water partition coefficient (Wildman–Crippen LogP) is 33.9. The van der Waals surface area contributed by atoms with Crippen molar-refractivity contribution in [3.63, 3.8) is 0 Å². The quantitative estimate of drug-likeness (QED) is 0.0904. The van der Waals surface area contributed by atoms with E-state index in [1.54, 1.807) is 12.1 Å². The minimum absolute atomic E-state index is 0.0102. The van der Waals surface area contributed by atoms with E-state index in [1.165, 1.54) is 158 Å². The van der Waals surface area contributed by atoms with Crippen molar-refractivity contribution in [2.45, 2.75) is 242 Å². The maximum atomic E-state index is 12.9. The molecule has 0 aliphatic rings. The second kappa shape index (κ2) is 41.8. The highest BCUT2D eigenvalue weighted by Gasteiger charge is 2.47. The Labute approximate surface area is 695 Å². The van der Waals surface area contributed by atoms with E-state index in [4.69, 9.17) is 0 Å². The first-order chi connectivity index (χ1) is 53.9. The van der Waals surface area contributed by atoms with E-state index in [0.29, 0.717) is 46.0 Å². The van der Waals surface area contributed by atoms with Gasteiger partial charge in [0.05, 0.1) is 5.41 Å². The number of hydrogen-bond acceptors (Lipinski definition) is 0. The zero-order valence-electron chi connectivity index (χ0n) is 75.2. The molecule has 3 heteroatoms. The first kappa shape index (κ1) is 92.6. The molecular weight excluding hydrogens is 1400 g/mol. The van der Waals surface area contributed by atoms with Crippen molar-refractivity contribution in [2.24, 2.45) is 22.2 Å². The molecule has 0 saturated carbocycles. The predicted molar refractivity (Wildman–Crippen MR) is 499 cm³/mol. The Balaban J connectivity index is 0.000000192. The van der Waals surface area contributed by atoms with Crippen molar-refractivity contribution >= 4 is 0 Å². The molecule has 0 nitrogen and oxygen atoms in total. The summed E-state index contributed by atoms with van der Waals surface area (Å²) in [7, 11) is 0. The Hall–Kier alpha value is -9.57. The number of hydrogen-bond donors (Lipinski definition) is 0. The van der Waals surface area contributed by atoms with Crippen molar-refractivity contribution in [3.8, 4) is 66.8 Å². The highest BCUT2D eigenvalue weighted by molar-refractivity contribution is 5.70. The average molecular weight is 1540 g/mol. The van der Waals surface area contributed by atoms with E-state index >= 15 is 0 Å². The molecule has 0 fully saturated rings. The molecule has 0 atom stereocenters. The lowest BCUT2D eigenvalue weighted by molar-refractivity contribution is -0.211. The normalized spacial score (nSPS) is 11.6. The standard InChI is InChI=1S/C21H28.C20H26.C19H21F3.C19H24.C17H20.C16H18/c1-15(2)20-13-19(10-7-16(20)3)18-11-8-17(9-12-18)14-21(4,5)6;1-14(2)12-17-7-10-18(11-8-17)19-9-6-16(5)20(13-19)15(3)4;1-13-5-8-17(11-14(13)2)16-9-6-15(7-10-16)12-18(3,4)19(20,21)22;1-14-6-9-18(12-15(14)2)17-10-7-16(8-11-17)13-19(3,4)5;1-12(2)17-11-16(10-7-14(17)4)15-8-5-13(3)6-9-15;1-12(2)16-11-15(10-9-13(16)3)14-7-5-4-6-8-14/h7-13,15H,14H2,1-6H3;6-11,13-15H,12H2,1-5H3;5-11H,12H2,1-4H3;6-12H,13H2,1-5H3;5-12H,1-4H3;4-12H,1-3H3. The number of rotatable bonds is 16. The third kappa shape index (κ3) is 29.0. The van der Waals surface area contributed by atoms with Gasteiger partial charge in [0.25, 0.3) is 0 Å². The van der Waals surface area contributed by atoms with Crippen LogP contribution in [0, 0.1) is 84.5 Å². The van der Waals surface area contributed by atoms with E-state index < -0.39 is 11.6 Å². The second-order valence-corrected chi connectivity index (χ2v) is 37.2. The van der Waals surface area contributed by atoms with Crippen LogP contribution in [0.25, 0.3) is 66.8 Å². The molecule has 0 aliphatic carbocycles. The SMILES string of the molecule is Cc1ccc(-c2ccc(C)c(C(C)C)c2)cc1.Cc1ccc(-c2ccc(CC(C)(C)C(F)(F)F)cc2)cc1C.Cc1ccc(-c2ccc(CC(C)(C)C)cc2)cc1C.Cc1ccc(-c2ccc(CC(C)(C)C)cc2)cc1C(C)C.Cc1ccc(-c2ccc(CC(C)C)cc2)cc1C(C)C.Cc1ccc(-c2ccccc2)cc1C(C)C. The maximum absolute atomic E-state index is 12.9. The summed E-state index contributed by atoms with van der Waals surface area (Å²) in [4.78, 5) is 0. The van der Waals surface area contributed by atoms with Crippen molar-refractivity contribution in [1.82, 2.24) is 0 Å². The van der Waals surface area contributed by atoms with Crippen LogP contribution in [0.4, 0.5) is 13.2 Å². The Morgan fingerprint density at radius 2 is 0.452 bits per heavy atom. The van der Waals surface area contributed by atoms with Crippen LogP contribution in [0.2, 0.25) is 0 Å². The smallest absolute Gasteiger partial charge is 0.171 e. The zero-order chi connectivity index (χ0) is 84.9. The van der Waals surface area contributed by atoms with Crippen molar-refractivity contribution in [3.05, 3.63) is 355 Å². The van der Waals surface area contributed by atoms with Crippen molar-refractivity contribution in [1.29, 1.82) is 0 Å². The Morgan fingerprint density at radius 3 is 0.696 bits per heavy atom. The highest BCUT2D eigenvalue weighted by atomic mass is 19.4. The number of aryl methyl sites for hydroxylation is 9. The molecule has 0 aromatic heterocycles. The van der Waals surface area contributed by atoms with Crippen LogP contribution in [0.15, 0.2) is 261 Å². The number of benzene rings is 12. The largest absolute Gasteiger partial charge is 0.394 e. The highest BCUT2D eigenvalue weighted by Crippen LogP contribution is 2.41. The van der Waals surface area contributed by atoms with Gasteiger partial charge in [-0.25, -0.2) is 0 Å². The Bertz CT molecular complexity index is 4980. The fourth-order valence-corrected chi connectivity index (χ4v) is 14.6. The summed E-state index contributed by atoms with van der Waals surface area (Å²) < 4.78 is 38.8. The van der Waals surface area contributed by atoms with E-state index in [9.17, 15) is 13.2 Å². The van der Waals surface area contributed by atoms with Crippen LogP contribution in [-0.4, -0.2) is 6.18 Å². The summed E-state index contributed by atoms with van der Waals surface area (Å²) >= 11 is 0. The minimum Gasteiger partial charge on any atom is -0.171 e. The molecule has 0 heterocycles. The zero-order valence-corrected chi connectivity index (χ0v) is 75.2. The fraction of sp³-hybridized carbons (Fsp3) is 0.357. The van der Waals surface area contributed by atoms with Gasteiger partial charge < -0.3 is 0 Å². The summed E-state index contributed by atoms with van der Waals surface area (Å²) in [6, 6.07) is 93.8. The van der Waals surface area contributed by atoms with Crippen LogP contribution < -0.4 is 0 Å². The van der Waals surface area contributed by atoms with E-state index in [1.807, 2.05) is 18.2 Å². The molecule has 0 aliphatic heterocycles. The Kier molecular flexibility index (Phi) is 33.7. The first-order valence-electron chi connectivity index (χ1n) is 42.1. The molecule has 0 N–H and O–H groups in total. The van der Waals surface area contributed by atoms with E-state index in [0.717, 1.165) is 30.4 Å². The lowest BCUT2D eigenvalue weighted by Gasteiger charge is -2.27. The fourth-order valence-electron chi connectivity index (χ4n) is 14.6. The molecule has 12 aromatic carbocycles. The van der Waals surface area contributed by atoms with Gasteiger partial charge >= 0.3 is 6.18 Å². The monoisotopic (exact) mass is 1540 g/mol. The molecule has 12 aromatic rings. The van der Waals surface area contributed by atoms with Crippen molar-refractivity contribution < 1.29 is 13.2 Å². The molecule has 0 radical (unpaired) electrons. The Morgan fingerprint density at radius 1 is 0.226 bits per heavy atom. The van der Waals surface area contributed by atoms with Gasteiger partial charge in [0.2, 0.25) is 0 Å². The molecule has 12 rings (SSSR count). The molecule has 0 bridgehead atoms. The second-order valence-electron chi connectivity index (χ2n) is 37.2. The van der Waals surface area contributed by atoms with Crippen LogP contribution in [0.3, 0.4) is 0 Å². The molecule has 0 spiro atoms. The third-order valence-corrected chi connectivity index (χ3v) is 21.8. The van der Waals surface area contributed by atoms with Gasteiger partial charge in [0.1, 0.15) is 0 Å². The van der Waals surface area contributed by atoms with Crippen LogP contribution in [0.1, 0.15) is 243 Å². The number of alkyl halides is 3. The van der Waals surface area contributed by atoms with Gasteiger partial charge in [-0.3, -0.25) is 0 Å². The van der Waals surface area contributed by atoms with Crippen molar-refractivity contribution in [2.75, 3.05) is 0 Å². The molecule has 0 saturated heterocycles. The van der Waals surface area contributed by atoms with Gasteiger partial charge in [-0.1, -0.05) is 391 Å². The molecular formula is C112H137F3. The van der Waals surface area contributed by atoms with Crippen LogP contribution >= 0.6 is 0 Å². The topological polar surface area (TPSA) is 0 Å². The van der Waals surface area contributed by atoms with Gasteiger partial charge in [-0.2, -0.15) is 13.2 Å². The average Bonchev–Trinajstić information content (AvgIpc) is 0.828. The third-order valence-electron chi connectivity index (χ3n) is 21.8. The van der Waals surface area contributed by atoms with Gasteiger partial charge in [-0.15, -0.1) is 0 Å². The first-order valence-corrected chi connectivity index (χ1v) is 42.1. The summed E-state index contributed by atoms with van der Waals surface area (Å²) in [6.45, 7) is 58.1. The summed E-state index contributed by atoms with van der Waals surface area (Å²) in [5, 5.41) is 0. The molecule has 606 valence electrons. The van der Waals surface area contributed by atoms with Gasteiger partial charge in [-0.05, 0) is 284 Å². The molecule has 0 unspecified atom stereocenters. The van der Waals surface area contributed by atoms with Crippen LogP contribution in [-0.2, 0) is 25.7 Å². The maximum Gasteiger partial charge on any atom is 0.394 e. The van der Waals surface area contributed by atoms with Gasteiger partial charge in [0.15, 0.2) is 0 Å². The van der Waals surface area contributed by atoms with Gasteiger partial charge in [0, 0.05) is 0 Å². The minimum atomic E-state index is -4.19. The lowest BCUT2D eigenvalue weighted by Crippen LogP contribution is -2.34. The molecule has 115 heavy (non-hydrogen) atoms. The van der Waals surface area contributed by atoms with E-state index in [2.05, 4.69) is 404 Å². The van der Waals surface area contributed by atoms with Crippen LogP contribution in [0.5, 0.6) is 0 Å². The lowest BCUT2D eigenvalue weighted by atomic mass is 9.84. The summed E-state index contributed by atoms with van der Waals surface area (Å²) in [5.74, 6) is 3.04. The summed E-state index contributed by atoms with van der Waals surface area (Å²) in [6.07, 6.45) is -0.798. The number of halogens is 3. The summed E-state index contributed by atoms with van der Waals surface area (Å²) in [5.41, 5.74) is 37.0. The molecule has 0 amide bonds.